The van der Waals surface area contributed by atoms with E-state index in [9.17, 15) is 14.0 Å². The lowest BCUT2D eigenvalue weighted by Gasteiger charge is -2.06. The van der Waals surface area contributed by atoms with E-state index in [2.05, 4.69) is 5.32 Å². The van der Waals surface area contributed by atoms with Gasteiger partial charge in [0.15, 0.2) is 6.61 Å². The van der Waals surface area contributed by atoms with Crippen molar-refractivity contribution in [1.82, 2.24) is 0 Å². The number of hydrogen-bond donors (Lipinski definition) is 1. The van der Waals surface area contributed by atoms with Gasteiger partial charge in [-0.1, -0.05) is 17.7 Å². The fourth-order valence-corrected chi connectivity index (χ4v) is 3.21. The molecule has 0 saturated carbocycles. The van der Waals surface area contributed by atoms with Gasteiger partial charge in [0.2, 0.25) is 0 Å². The highest BCUT2D eigenvalue weighted by molar-refractivity contribution is 7.20. The largest absolute Gasteiger partial charge is 0.451 e. The topological polar surface area (TPSA) is 55.4 Å². The SMILES string of the molecule is O=C(COC(=O)c1cc2cc(F)ccc2s1)Nc1cccc(Cl)c1. The van der Waals surface area contributed by atoms with Crippen LogP contribution in [0.2, 0.25) is 5.02 Å². The molecule has 0 spiro atoms. The van der Waals surface area contributed by atoms with Crippen LogP contribution in [-0.2, 0) is 9.53 Å². The van der Waals surface area contributed by atoms with E-state index in [0.717, 1.165) is 4.70 Å². The molecule has 0 unspecified atom stereocenters. The van der Waals surface area contributed by atoms with Crippen molar-refractivity contribution in [2.75, 3.05) is 11.9 Å². The van der Waals surface area contributed by atoms with Crippen molar-refractivity contribution in [3.63, 3.8) is 0 Å². The van der Waals surface area contributed by atoms with Crippen molar-refractivity contribution in [1.29, 1.82) is 0 Å². The summed E-state index contributed by atoms with van der Waals surface area (Å²) in [7, 11) is 0. The van der Waals surface area contributed by atoms with Crippen molar-refractivity contribution in [2.45, 2.75) is 0 Å². The van der Waals surface area contributed by atoms with Crippen LogP contribution in [-0.4, -0.2) is 18.5 Å². The highest BCUT2D eigenvalue weighted by Crippen LogP contribution is 2.26. The van der Waals surface area contributed by atoms with Gasteiger partial charge in [-0.25, -0.2) is 9.18 Å². The molecule has 1 N–H and O–H groups in total. The number of benzene rings is 2. The van der Waals surface area contributed by atoms with Crippen molar-refractivity contribution in [3.8, 4) is 0 Å². The molecular weight excluding hydrogens is 353 g/mol. The molecule has 7 heteroatoms. The zero-order chi connectivity index (χ0) is 17.1. The number of carbonyl (C=O) groups is 2. The fourth-order valence-electron chi connectivity index (χ4n) is 2.08. The Morgan fingerprint density at radius 1 is 1.17 bits per heavy atom. The summed E-state index contributed by atoms with van der Waals surface area (Å²) in [6.45, 7) is -0.423. The number of esters is 1. The van der Waals surface area contributed by atoms with Gasteiger partial charge in [0.1, 0.15) is 10.7 Å². The van der Waals surface area contributed by atoms with Crippen LogP contribution in [0.15, 0.2) is 48.5 Å². The Morgan fingerprint density at radius 2 is 2.00 bits per heavy atom. The quantitative estimate of drug-likeness (QED) is 0.695. The molecule has 0 bridgehead atoms. The van der Waals surface area contributed by atoms with Gasteiger partial charge in [-0.15, -0.1) is 11.3 Å². The molecule has 3 aromatic rings. The van der Waals surface area contributed by atoms with Gasteiger partial charge in [-0.3, -0.25) is 4.79 Å². The highest BCUT2D eigenvalue weighted by Gasteiger charge is 2.14. The average Bonchev–Trinajstić information content (AvgIpc) is 2.95. The number of amides is 1. The first-order valence-corrected chi connectivity index (χ1v) is 8.12. The summed E-state index contributed by atoms with van der Waals surface area (Å²) in [6, 6.07) is 12.4. The molecule has 1 amide bonds. The molecule has 1 aromatic heterocycles. The second-order valence-corrected chi connectivity index (χ2v) is 6.45. The van der Waals surface area contributed by atoms with Crippen LogP contribution in [0.3, 0.4) is 0 Å². The van der Waals surface area contributed by atoms with Crippen LogP contribution in [0, 0.1) is 5.82 Å². The van der Waals surface area contributed by atoms with Crippen molar-refractivity contribution in [2.24, 2.45) is 0 Å². The van der Waals surface area contributed by atoms with Crippen LogP contribution in [0.1, 0.15) is 9.67 Å². The lowest BCUT2D eigenvalue weighted by molar-refractivity contribution is -0.119. The predicted octanol–water partition coefficient (Wildman–Crippen LogP) is 4.49. The van der Waals surface area contributed by atoms with E-state index in [1.807, 2.05) is 0 Å². The smallest absolute Gasteiger partial charge is 0.348 e. The first kappa shape index (κ1) is 16.4. The number of rotatable bonds is 4. The third-order valence-electron chi connectivity index (χ3n) is 3.12. The standard InChI is InChI=1S/C17H11ClFNO3S/c18-11-2-1-3-13(8-11)20-16(21)9-23-17(22)15-7-10-6-12(19)4-5-14(10)24-15/h1-8H,9H2,(H,20,21). The average molecular weight is 364 g/mol. The zero-order valence-corrected chi connectivity index (χ0v) is 13.8. The van der Waals surface area contributed by atoms with E-state index in [1.54, 1.807) is 36.4 Å². The maximum atomic E-state index is 13.2. The molecule has 24 heavy (non-hydrogen) atoms. The number of anilines is 1. The first-order chi connectivity index (χ1) is 11.5. The molecule has 0 atom stereocenters. The molecule has 4 nitrogen and oxygen atoms in total. The minimum Gasteiger partial charge on any atom is -0.451 e. The third kappa shape index (κ3) is 3.90. The number of fused-ring (bicyclic) bond motifs is 1. The molecule has 0 aliphatic rings. The fraction of sp³-hybridized carbons (Fsp3) is 0.0588. The molecule has 0 aliphatic heterocycles. The minimum atomic E-state index is -0.627. The Bertz CT molecular complexity index is 925. The van der Waals surface area contributed by atoms with Gasteiger partial charge in [0.25, 0.3) is 5.91 Å². The van der Waals surface area contributed by atoms with Gasteiger partial charge in [0.05, 0.1) is 0 Å². The number of carbonyl (C=O) groups excluding carboxylic acids is 2. The summed E-state index contributed by atoms with van der Waals surface area (Å²) < 4.78 is 18.9. The van der Waals surface area contributed by atoms with E-state index >= 15 is 0 Å². The highest BCUT2D eigenvalue weighted by atomic mass is 35.5. The summed E-state index contributed by atoms with van der Waals surface area (Å²) in [5.41, 5.74) is 0.515. The summed E-state index contributed by atoms with van der Waals surface area (Å²) in [4.78, 5) is 24.1. The molecule has 1 heterocycles. The Labute approximate surface area is 145 Å². The summed E-state index contributed by atoms with van der Waals surface area (Å²) in [5.74, 6) is -1.48. The molecular formula is C17H11ClFNO3S. The van der Waals surface area contributed by atoms with Gasteiger partial charge < -0.3 is 10.1 Å². The number of halogens is 2. The number of thiophene rings is 1. The van der Waals surface area contributed by atoms with E-state index in [1.165, 1.54) is 23.5 Å². The van der Waals surface area contributed by atoms with E-state index < -0.39 is 18.5 Å². The van der Waals surface area contributed by atoms with E-state index in [0.29, 0.717) is 21.0 Å². The molecule has 0 saturated heterocycles. The number of hydrogen-bond acceptors (Lipinski definition) is 4. The van der Waals surface area contributed by atoms with Crippen molar-refractivity contribution < 1.29 is 18.7 Å². The number of ether oxygens (including phenoxy) is 1. The second kappa shape index (κ2) is 6.98. The van der Waals surface area contributed by atoms with Crippen LogP contribution in [0.5, 0.6) is 0 Å². The molecule has 3 rings (SSSR count). The Balaban J connectivity index is 1.60. The second-order valence-electron chi connectivity index (χ2n) is 4.93. The molecule has 122 valence electrons. The minimum absolute atomic E-state index is 0.311. The molecule has 0 aliphatic carbocycles. The summed E-state index contributed by atoms with van der Waals surface area (Å²) >= 11 is 7.00. The molecule has 0 fully saturated rings. The lowest BCUT2D eigenvalue weighted by Crippen LogP contribution is -2.20. The summed E-state index contributed by atoms with van der Waals surface area (Å²) in [6.07, 6.45) is 0. The van der Waals surface area contributed by atoms with E-state index in [4.69, 9.17) is 16.3 Å². The van der Waals surface area contributed by atoms with Gasteiger partial charge in [0, 0.05) is 15.4 Å². The van der Waals surface area contributed by atoms with Crippen molar-refractivity contribution in [3.05, 3.63) is 64.2 Å². The van der Waals surface area contributed by atoms with Crippen LogP contribution >= 0.6 is 22.9 Å². The Morgan fingerprint density at radius 3 is 2.79 bits per heavy atom. The zero-order valence-electron chi connectivity index (χ0n) is 12.2. The normalized spacial score (nSPS) is 10.6. The summed E-state index contributed by atoms with van der Waals surface area (Å²) in [5, 5.41) is 3.69. The van der Waals surface area contributed by atoms with Crippen molar-refractivity contribution >= 4 is 50.6 Å². The van der Waals surface area contributed by atoms with E-state index in [-0.39, 0.29) is 5.82 Å². The maximum Gasteiger partial charge on any atom is 0.348 e. The number of nitrogens with one attached hydrogen (secondary N) is 1. The third-order valence-corrected chi connectivity index (χ3v) is 4.45. The maximum absolute atomic E-state index is 13.2. The Hall–Kier alpha value is -2.44. The monoisotopic (exact) mass is 363 g/mol. The van der Waals surface area contributed by atoms with Gasteiger partial charge in [-0.2, -0.15) is 0 Å². The molecule has 0 radical (unpaired) electrons. The molecule has 2 aromatic carbocycles. The first-order valence-electron chi connectivity index (χ1n) is 6.93. The predicted molar refractivity (Wildman–Crippen MR) is 92.1 cm³/mol. The van der Waals surface area contributed by atoms with Crippen LogP contribution < -0.4 is 5.32 Å². The lowest BCUT2D eigenvalue weighted by atomic mass is 10.2. The van der Waals surface area contributed by atoms with Gasteiger partial charge >= 0.3 is 5.97 Å². The van der Waals surface area contributed by atoms with Crippen LogP contribution in [0.25, 0.3) is 10.1 Å². The van der Waals surface area contributed by atoms with Crippen LogP contribution in [0.4, 0.5) is 10.1 Å². The van der Waals surface area contributed by atoms with Gasteiger partial charge in [-0.05, 0) is 47.9 Å². The Kier molecular flexibility index (Phi) is 4.78.